The van der Waals surface area contributed by atoms with Crippen molar-refractivity contribution >= 4 is 0 Å². The number of hydrogen-bond donors (Lipinski definition) is 0. The summed E-state index contributed by atoms with van der Waals surface area (Å²) in [5.74, 6) is 0. The van der Waals surface area contributed by atoms with Crippen LogP contribution in [0.5, 0.6) is 0 Å². The molecular formula is C17H26. The number of benzene rings is 1. The van der Waals surface area contributed by atoms with Gasteiger partial charge >= 0.3 is 0 Å². The van der Waals surface area contributed by atoms with E-state index in [2.05, 4.69) is 48.1 Å². The van der Waals surface area contributed by atoms with Crippen molar-refractivity contribution in [2.75, 3.05) is 0 Å². The summed E-state index contributed by atoms with van der Waals surface area (Å²) in [5, 5.41) is 0. The molecule has 0 saturated carbocycles. The molecule has 0 nitrogen and oxygen atoms in total. The van der Waals surface area contributed by atoms with Crippen molar-refractivity contribution in [3.63, 3.8) is 0 Å². The Bertz CT molecular complexity index is 436. The van der Waals surface area contributed by atoms with E-state index in [1.165, 1.54) is 27.8 Å². The molecular weight excluding hydrogens is 204 g/mol. The first-order valence-electron chi connectivity index (χ1n) is 6.62. The SMILES string of the molecule is C=C(C)CCc1c(C)c(C)c(C)c(C)c1CC. The van der Waals surface area contributed by atoms with Crippen LogP contribution in [0.25, 0.3) is 0 Å². The Balaban J connectivity index is 3.31. The standard InChI is InChI=1S/C17H26/c1-8-16-14(6)12(4)13(5)15(7)17(16)10-9-11(2)3/h2,8-10H2,1,3-7H3. The quantitative estimate of drug-likeness (QED) is 0.639. The van der Waals surface area contributed by atoms with Crippen molar-refractivity contribution in [2.45, 2.75) is 60.8 Å². The van der Waals surface area contributed by atoms with Crippen LogP contribution in [-0.2, 0) is 12.8 Å². The molecule has 0 spiro atoms. The van der Waals surface area contributed by atoms with Crippen molar-refractivity contribution in [1.29, 1.82) is 0 Å². The van der Waals surface area contributed by atoms with Crippen molar-refractivity contribution < 1.29 is 0 Å². The molecule has 0 aliphatic carbocycles. The van der Waals surface area contributed by atoms with Gasteiger partial charge in [0.15, 0.2) is 0 Å². The highest BCUT2D eigenvalue weighted by molar-refractivity contribution is 5.50. The summed E-state index contributed by atoms with van der Waals surface area (Å²) in [6.07, 6.45) is 3.39. The molecule has 1 rings (SSSR count). The lowest BCUT2D eigenvalue weighted by Gasteiger charge is -2.20. The topological polar surface area (TPSA) is 0 Å². The molecule has 0 aromatic heterocycles. The molecule has 0 heteroatoms. The van der Waals surface area contributed by atoms with Gasteiger partial charge in [-0.1, -0.05) is 12.5 Å². The third-order valence-electron chi connectivity index (χ3n) is 4.11. The molecule has 0 bridgehead atoms. The van der Waals surface area contributed by atoms with Crippen LogP contribution in [0.2, 0.25) is 0 Å². The van der Waals surface area contributed by atoms with Crippen LogP contribution in [0, 0.1) is 27.7 Å². The smallest absolute Gasteiger partial charge is 0.0236 e. The highest BCUT2D eigenvalue weighted by Crippen LogP contribution is 2.28. The van der Waals surface area contributed by atoms with E-state index < -0.39 is 0 Å². The average Bonchev–Trinajstić information content (AvgIpc) is 2.29. The molecule has 0 radical (unpaired) electrons. The molecule has 0 aliphatic heterocycles. The Morgan fingerprint density at radius 3 is 1.76 bits per heavy atom. The summed E-state index contributed by atoms with van der Waals surface area (Å²) < 4.78 is 0. The fourth-order valence-electron chi connectivity index (χ4n) is 2.62. The largest absolute Gasteiger partial charge is 0.100 e. The number of rotatable bonds is 4. The van der Waals surface area contributed by atoms with Crippen LogP contribution < -0.4 is 0 Å². The minimum absolute atomic E-state index is 1.11. The van der Waals surface area contributed by atoms with Gasteiger partial charge in [0, 0.05) is 0 Å². The summed E-state index contributed by atoms with van der Waals surface area (Å²) in [6.45, 7) is 17.4. The van der Waals surface area contributed by atoms with Gasteiger partial charge in [-0.3, -0.25) is 0 Å². The monoisotopic (exact) mass is 230 g/mol. The molecule has 0 amide bonds. The Hall–Kier alpha value is -1.04. The van der Waals surface area contributed by atoms with Gasteiger partial charge in [0.05, 0.1) is 0 Å². The van der Waals surface area contributed by atoms with E-state index in [9.17, 15) is 0 Å². The molecule has 94 valence electrons. The highest BCUT2D eigenvalue weighted by Gasteiger charge is 2.13. The lowest BCUT2D eigenvalue weighted by atomic mass is 9.85. The second-order valence-electron chi connectivity index (χ2n) is 5.27. The van der Waals surface area contributed by atoms with Gasteiger partial charge in [-0.05, 0) is 87.3 Å². The van der Waals surface area contributed by atoms with E-state index in [0.717, 1.165) is 19.3 Å². The van der Waals surface area contributed by atoms with Gasteiger partial charge < -0.3 is 0 Å². The Morgan fingerprint density at radius 1 is 0.882 bits per heavy atom. The molecule has 0 N–H and O–H groups in total. The van der Waals surface area contributed by atoms with Gasteiger partial charge in [-0.25, -0.2) is 0 Å². The molecule has 0 saturated heterocycles. The number of allylic oxidation sites excluding steroid dienone is 1. The third-order valence-corrected chi connectivity index (χ3v) is 4.11. The van der Waals surface area contributed by atoms with Gasteiger partial charge in [0.25, 0.3) is 0 Å². The van der Waals surface area contributed by atoms with E-state index in [1.807, 2.05) is 0 Å². The lowest BCUT2D eigenvalue weighted by molar-refractivity contribution is 0.895. The van der Waals surface area contributed by atoms with E-state index in [0.29, 0.717) is 0 Å². The summed E-state index contributed by atoms with van der Waals surface area (Å²) in [6, 6.07) is 0. The minimum Gasteiger partial charge on any atom is -0.100 e. The Morgan fingerprint density at radius 2 is 1.35 bits per heavy atom. The highest BCUT2D eigenvalue weighted by atomic mass is 14.2. The first-order chi connectivity index (χ1) is 7.90. The molecule has 1 aromatic carbocycles. The maximum atomic E-state index is 4.02. The second-order valence-corrected chi connectivity index (χ2v) is 5.27. The van der Waals surface area contributed by atoms with Crippen molar-refractivity contribution in [2.24, 2.45) is 0 Å². The van der Waals surface area contributed by atoms with Crippen molar-refractivity contribution in [1.82, 2.24) is 0 Å². The van der Waals surface area contributed by atoms with Crippen LogP contribution >= 0.6 is 0 Å². The molecule has 0 fully saturated rings. The van der Waals surface area contributed by atoms with Crippen molar-refractivity contribution in [3.8, 4) is 0 Å². The van der Waals surface area contributed by atoms with Gasteiger partial charge in [-0.15, -0.1) is 6.58 Å². The van der Waals surface area contributed by atoms with E-state index in [4.69, 9.17) is 0 Å². The first kappa shape index (κ1) is 14.0. The molecule has 0 unspecified atom stereocenters. The van der Waals surface area contributed by atoms with E-state index >= 15 is 0 Å². The summed E-state index contributed by atoms with van der Waals surface area (Å²) in [4.78, 5) is 0. The van der Waals surface area contributed by atoms with Gasteiger partial charge in [-0.2, -0.15) is 0 Å². The van der Waals surface area contributed by atoms with Gasteiger partial charge in [0.1, 0.15) is 0 Å². The van der Waals surface area contributed by atoms with Crippen LogP contribution in [0.4, 0.5) is 0 Å². The fourth-order valence-corrected chi connectivity index (χ4v) is 2.62. The van der Waals surface area contributed by atoms with Crippen LogP contribution in [0.15, 0.2) is 12.2 Å². The predicted octanol–water partition coefficient (Wildman–Crippen LogP) is 4.99. The normalized spacial score (nSPS) is 10.7. The maximum Gasteiger partial charge on any atom is -0.0236 e. The Labute approximate surface area is 107 Å². The van der Waals surface area contributed by atoms with E-state index in [-0.39, 0.29) is 0 Å². The second kappa shape index (κ2) is 5.53. The van der Waals surface area contributed by atoms with Gasteiger partial charge in [0.2, 0.25) is 0 Å². The van der Waals surface area contributed by atoms with Crippen molar-refractivity contribution in [3.05, 3.63) is 45.5 Å². The van der Waals surface area contributed by atoms with Crippen LogP contribution in [0.3, 0.4) is 0 Å². The van der Waals surface area contributed by atoms with Crippen LogP contribution in [-0.4, -0.2) is 0 Å². The number of hydrogen-bond acceptors (Lipinski definition) is 0. The average molecular weight is 230 g/mol. The lowest BCUT2D eigenvalue weighted by Crippen LogP contribution is -2.05. The zero-order valence-corrected chi connectivity index (χ0v) is 12.3. The molecule has 1 aromatic rings. The molecule has 17 heavy (non-hydrogen) atoms. The summed E-state index contributed by atoms with van der Waals surface area (Å²) in [7, 11) is 0. The summed E-state index contributed by atoms with van der Waals surface area (Å²) >= 11 is 0. The Kier molecular flexibility index (Phi) is 4.56. The fraction of sp³-hybridized carbons (Fsp3) is 0.529. The zero-order chi connectivity index (χ0) is 13.2. The molecule has 0 heterocycles. The molecule has 0 atom stereocenters. The third kappa shape index (κ3) is 2.80. The van der Waals surface area contributed by atoms with Crippen LogP contribution in [0.1, 0.15) is 53.6 Å². The van der Waals surface area contributed by atoms with E-state index in [1.54, 1.807) is 11.1 Å². The first-order valence-corrected chi connectivity index (χ1v) is 6.62. The zero-order valence-electron chi connectivity index (χ0n) is 12.3. The minimum atomic E-state index is 1.11. The summed E-state index contributed by atoms with van der Waals surface area (Å²) in [5.41, 5.74) is 10.3. The maximum absolute atomic E-state index is 4.02. The predicted molar refractivity (Wildman–Crippen MR) is 77.9 cm³/mol. The molecule has 0 aliphatic rings.